The first kappa shape index (κ1) is 11.2. The number of hydrogen-bond donors (Lipinski definition) is 1. The fourth-order valence-electron chi connectivity index (χ4n) is 2.02. The fourth-order valence-corrected chi connectivity index (χ4v) is 2.02. The highest BCUT2D eigenvalue weighted by Gasteiger charge is 2.05. The number of hydrogen-bond acceptors (Lipinski definition) is 2. The van der Waals surface area contributed by atoms with E-state index in [-0.39, 0.29) is 0 Å². The lowest BCUT2D eigenvalue weighted by molar-refractivity contribution is 0.702. The maximum absolute atomic E-state index is 4.51. The van der Waals surface area contributed by atoms with Crippen LogP contribution < -0.4 is 5.43 Å². The first-order valence-electron chi connectivity index (χ1n) is 6.23. The monoisotopic (exact) mass is 216 g/mol. The van der Waals surface area contributed by atoms with Crippen molar-refractivity contribution in [2.24, 2.45) is 5.10 Å². The summed E-state index contributed by atoms with van der Waals surface area (Å²) in [5, 5.41) is 4.51. The molecule has 1 aromatic carbocycles. The molecule has 0 amide bonds. The highest BCUT2D eigenvalue weighted by Crippen LogP contribution is 2.15. The quantitative estimate of drug-likeness (QED) is 0.583. The molecule has 2 rings (SSSR count). The fraction of sp³-hybridized carbons (Fsp3) is 0.500. The third kappa shape index (κ3) is 3.37. The van der Waals surface area contributed by atoms with Crippen LogP contribution in [0.1, 0.15) is 44.1 Å². The van der Waals surface area contributed by atoms with E-state index in [1.807, 2.05) is 0 Å². The van der Waals surface area contributed by atoms with Gasteiger partial charge in [0.1, 0.15) is 0 Å². The predicted octanol–water partition coefficient (Wildman–Crippen LogP) is 4.12. The maximum atomic E-state index is 4.51. The van der Waals surface area contributed by atoms with Crippen molar-refractivity contribution in [3.05, 3.63) is 29.8 Å². The van der Waals surface area contributed by atoms with Crippen molar-refractivity contribution in [2.45, 2.75) is 45.4 Å². The van der Waals surface area contributed by atoms with E-state index in [0.717, 1.165) is 5.69 Å². The van der Waals surface area contributed by atoms with E-state index in [9.17, 15) is 0 Å². The van der Waals surface area contributed by atoms with Crippen LogP contribution in [0.3, 0.4) is 0 Å². The first-order chi connectivity index (χ1) is 7.84. The molecule has 1 aliphatic rings. The van der Waals surface area contributed by atoms with Crippen LogP contribution >= 0.6 is 0 Å². The van der Waals surface area contributed by atoms with Gasteiger partial charge >= 0.3 is 0 Å². The van der Waals surface area contributed by atoms with Gasteiger partial charge in [0.05, 0.1) is 5.69 Å². The van der Waals surface area contributed by atoms with Crippen molar-refractivity contribution in [3.63, 3.8) is 0 Å². The third-order valence-electron chi connectivity index (χ3n) is 3.08. The molecule has 0 unspecified atom stereocenters. The molecule has 0 spiro atoms. The molecule has 0 bridgehead atoms. The van der Waals surface area contributed by atoms with Crippen LogP contribution in [0, 0.1) is 6.92 Å². The molecule has 16 heavy (non-hydrogen) atoms. The van der Waals surface area contributed by atoms with Crippen LogP contribution in [-0.4, -0.2) is 5.71 Å². The summed E-state index contributed by atoms with van der Waals surface area (Å²) in [6, 6.07) is 8.37. The molecule has 1 N–H and O–H groups in total. The van der Waals surface area contributed by atoms with Crippen LogP contribution in [0.15, 0.2) is 29.4 Å². The molecule has 86 valence electrons. The average molecular weight is 216 g/mol. The van der Waals surface area contributed by atoms with E-state index >= 15 is 0 Å². The molecule has 0 aliphatic heterocycles. The summed E-state index contributed by atoms with van der Waals surface area (Å²) in [7, 11) is 0. The molecular weight excluding hydrogens is 196 g/mol. The zero-order valence-corrected chi connectivity index (χ0v) is 10.00. The minimum atomic E-state index is 1.09. The van der Waals surface area contributed by atoms with Crippen LogP contribution in [0.5, 0.6) is 0 Å². The molecule has 2 nitrogen and oxygen atoms in total. The summed E-state index contributed by atoms with van der Waals surface area (Å²) in [5.74, 6) is 0. The molecule has 0 aromatic heterocycles. The lowest BCUT2D eigenvalue weighted by Crippen LogP contribution is -2.00. The summed E-state index contributed by atoms with van der Waals surface area (Å²) in [4.78, 5) is 0. The molecule has 2 heteroatoms. The van der Waals surface area contributed by atoms with Gasteiger partial charge in [0.15, 0.2) is 0 Å². The van der Waals surface area contributed by atoms with Gasteiger partial charge in [-0.2, -0.15) is 5.10 Å². The Balaban J connectivity index is 1.93. The predicted molar refractivity (Wildman–Crippen MR) is 69.9 cm³/mol. The Labute approximate surface area is 97.8 Å². The van der Waals surface area contributed by atoms with Crippen LogP contribution in [0.4, 0.5) is 5.69 Å². The van der Waals surface area contributed by atoms with Crippen molar-refractivity contribution in [2.75, 3.05) is 5.43 Å². The van der Waals surface area contributed by atoms with Gasteiger partial charge in [0.2, 0.25) is 0 Å². The Morgan fingerprint density at radius 3 is 2.19 bits per heavy atom. The smallest absolute Gasteiger partial charge is 0.0561 e. The lowest BCUT2D eigenvalue weighted by Gasteiger charge is -2.04. The number of nitrogens with zero attached hydrogens (tertiary/aromatic N) is 1. The molecule has 1 aliphatic carbocycles. The zero-order valence-electron chi connectivity index (χ0n) is 10.00. The van der Waals surface area contributed by atoms with Crippen LogP contribution in [0.2, 0.25) is 0 Å². The van der Waals surface area contributed by atoms with Gasteiger partial charge < -0.3 is 0 Å². The Kier molecular flexibility index (Phi) is 3.97. The molecule has 0 atom stereocenters. The highest BCUT2D eigenvalue weighted by atomic mass is 15.3. The van der Waals surface area contributed by atoms with E-state index in [4.69, 9.17) is 0 Å². The van der Waals surface area contributed by atoms with Gasteiger partial charge in [-0.1, -0.05) is 30.5 Å². The van der Waals surface area contributed by atoms with Gasteiger partial charge in [-0.25, -0.2) is 0 Å². The van der Waals surface area contributed by atoms with Crippen molar-refractivity contribution < 1.29 is 0 Å². The van der Waals surface area contributed by atoms with E-state index in [2.05, 4.69) is 41.7 Å². The highest BCUT2D eigenvalue weighted by molar-refractivity contribution is 5.85. The molecule has 0 radical (unpaired) electrons. The lowest BCUT2D eigenvalue weighted by atomic mass is 10.2. The average Bonchev–Trinajstić information content (AvgIpc) is 2.57. The van der Waals surface area contributed by atoms with E-state index < -0.39 is 0 Å². The van der Waals surface area contributed by atoms with Crippen molar-refractivity contribution in [1.82, 2.24) is 0 Å². The van der Waals surface area contributed by atoms with Crippen molar-refractivity contribution >= 4 is 11.4 Å². The van der Waals surface area contributed by atoms with Gasteiger partial charge in [0, 0.05) is 5.71 Å². The normalized spacial score (nSPS) is 16.7. The number of benzene rings is 1. The standard InChI is InChI=1S/C14H20N2/c1-12-8-10-14(11-9-12)16-15-13-6-4-2-3-5-7-13/h8-11,16H,2-7H2,1H3. The number of aryl methyl sites for hydroxylation is 1. The summed E-state index contributed by atoms with van der Waals surface area (Å²) in [6.07, 6.45) is 7.66. The topological polar surface area (TPSA) is 24.4 Å². The largest absolute Gasteiger partial charge is 0.279 e. The molecule has 0 heterocycles. The Bertz CT molecular complexity index is 342. The minimum Gasteiger partial charge on any atom is -0.279 e. The zero-order chi connectivity index (χ0) is 11.2. The van der Waals surface area contributed by atoms with Gasteiger partial charge in [0.25, 0.3) is 0 Å². The first-order valence-corrected chi connectivity index (χ1v) is 6.23. The van der Waals surface area contributed by atoms with Gasteiger partial charge in [-0.3, -0.25) is 5.43 Å². The second kappa shape index (κ2) is 5.69. The Morgan fingerprint density at radius 1 is 0.938 bits per heavy atom. The van der Waals surface area contributed by atoms with E-state index in [0.29, 0.717) is 0 Å². The van der Waals surface area contributed by atoms with Crippen molar-refractivity contribution in [1.29, 1.82) is 0 Å². The minimum absolute atomic E-state index is 1.09. The number of hydrazone groups is 1. The molecule has 0 saturated heterocycles. The summed E-state index contributed by atoms with van der Waals surface area (Å²) in [5.41, 5.74) is 6.86. The molecular formula is C14H20N2. The molecule has 1 aromatic rings. The second-order valence-electron chi connectivity index (χ2n) is 4.57. The number of rotatable bonds is 2. The number of nitrogens with one attached hydrogen (secondary N) is 1. The van der Waals surface area contributed by atoms with Gasteiger partial charge in [-0.15, -0.1) is 0 Å². The Hall–Kier alpha value is -1.31. The van der Waals surface area contributed by atoms with E-state index in [1.54, 1.807) is 0 Å². The second-order valence-corrected chi connectivity index (χ2v) is 4.57. The SMILES string of the molecule is Cc1ccc(NN=C2CCCCCC2)cc1. The Morgan fingerprint density at radius 2 is 1.56 bits per heavy atom. The van der Waals surface area contributed by atoms with Crippen molar-refractivity contribution in [3.8, 4) is 0 Å². The maximum Gasteiger partial charge on any atom is 0.0561 e. The molecule has 1 fully saturated rings. The summed E-state index contributed by atoms with van der Waals surface area (Å²) in [6.45, 7) is 2.10. The summed E-state index contributed by atoms with van der Waals surface area (Å²) < 4.78 is 0. The molecule has 1 saturated carbocycles. The van der Waals surface area contributed by atoms with E-state index in [1.165, 1.54) is 49.8 Å². The van der Waals surface area contributed by atoms with Crippen LogP contribution in [-0.2, 0) is 0 Å². The third-order valence-corrected chi connectivity index (χ3v) is 3.08. The summed E-state index contributed by atoms with van der Waals surface area (Å²) >= 11 is 0. The van der Waals surface area contributed by atoms with Crippen LogP contribution in [0.25, 0.3) is 0 Å². The number of anilines is 1. The van der Waals surface area contributed by atoms with Gasteiger partial charge in [-0.05, 0) is 44.7 Å².